The normalized spacial score (nSPS) is 10.8. The zero-order valence-electron chi connectivity index (χ0n) is 17.0. The minimum atomic E-state index is -0.382. The van der Waals surface area contributed by atoms with Crippen molar-refractivity contribution in [1.82, 2.24) is 19.9 Å². The predicted molar refractivity (Wildman–Crippen MR) is 119 cm³/mol. The van der Waals surface area contributed by atoms with E-state index in [4.69, 9.17) is 26.1 Å². The number of hydrogen-bond acceptors (Lipinski definition) is 8. The van der Waals surface area contributed by atoms with E-state index in [1.54, 1.807) is 6.20 Å². The van der Waals surface area contributed by atoms with Crippen molar-refractivity contribution in [2.24, 2.45) is 0 Å². The van der Waals surface area contributed by atoms with E-state index >= 15 is 0 Å². The molecule has 0 spiro atoms. The second-order valence-electron chi connectivity index (χ2n) is 6.51. The Balaban J connectivity index is 1.82. The van der Waals surface area contributed by atoms with Gasteiger partial charge in [-0.15, -0.1) is 0 Å². The van der Waals surface area contributed by atoms with Crippen LogP contribution in [0.15, 0.2) is 42.6 Å². The van der Waals surface area contributed by atoms with Crippen LogP contribution < -0.4 is 14.4 Å². The third-order valence-corrected chi connectivity index (χ3v) is 6.00. The van der Waals surface area contributed by atoms with Gasteiger partial charge in [0.25, 0.3) is 5.91 Å². The number of rotatable bonds is 6. The van der Waals surface area contributed by atoms with Gasteiger partial charge in [-0.25, -0.2) is 4.98 Å². The van der Waals surface area contributed by atoms with Gasteiger partial charge in [0.15, 0.2) is 5.13 Å². The maximum atomic E-state index is 13.6. The van der Waals surface area contributed by atoms with E-state index in [0.29, 0.717) is 15.8 Å². The summed E-state index contributed by atoms with van der Waals surface area (Å²) in [6.45, 7) is 2.11. The number of methoxy groups -OCH3 is 2. The Hall–Kier alpha value is -3.30. The summed E-state index contributed by atoms with van der Waals surface area (Å²) >= 11 is 7.65. The number of aromatic nitrogens is 4. The standard InChI is InChI=1S/C21H18ClN5O3S/c1-12-14(22)7-8-16-18(12)26-21(31-16)27(11-13-6-4-5-9-23-13)19(28)15-10-17(29-2)25-20(24-15)30-3/h4-10H,11H2,1-3H3. The van der Waals surface area contributed by atoms with Crippen LogP contribution in [0.5, 0.6) is 11.9 Å². The molecular formula is C21H18ClN5O3S. The molecule has 0 saturated heterocycles. The maximum Gasteiger partial charge on any atom is 0.320 e. The lowest BCUT2D eigenvalue weighted by Gasteiger charge is -2.19. The van der Waals surface area contributed by atoms with Crippen molar-refractivity contribution in [2.75, 3.05) is 19.1 Å². The van der Waals surface area contributed by atoms with Crippen molar-refractivity contribution in [2.45, 2.75) is 13.5 Å². The van der Waals surface area contributed by atoms with E-state index in [1.807, 2.05) is 37.3 Å². The van der Waals surface area contributed by atoms with Crippen LogP contribution in [0.3, 0.4) is 0 Å². The highest BCUT2D eigenvalue weighted by atomic mass is 35.5. The number of aryl methyl sites for hydroxylation is 1. The first-order valence-corrected chi connectivity index (χ1v) is 10.4. The fourth-order valence-corrected chi connectivity index (χ4v) is 4.11. The molecule has 0 bridgehead atoms. The number of anilines is 1. The van der Waals surface area contributed by atoms with Gasteiger partial charge in [-0.05, 0) is 36.8 Å². The monoisotopic (exact) mass is 455 g/mol. The first kappa shape index (κ1) is 21.0. The number of amides is 1. The molecule has 3 aromatic heterocycles. The molecule has 0 atom stereocenters. The minimum Gasteiger partial charge on any atom is -0.481 e. The van der Waals surface area contributed by atoms with Crippen LogP contribution in [-0.4, -0.2) is 40.1 Å². The number of hydrogen-bond donors (Lipinski definition) is 0. The minimum absolute atomic E-state index is 0.0346. The third-order valence-electron chi connectivity index (χ3n) is 4.55. The van der Waals surface area contributed by atoms with Crippen molar-refractivity contribution >= 4 is 44.2 Å². The lowest BCUT2D eigenvalue weighted by molar-refractivity contribution is 0.0978. The Bertz CT molecular complexity index is 1230. The van der Waals surface area contributed by atoms with Crippen molar-refractivity contribution in [3.63, 3.8) is 0 Å². The summed E-state index contributed by atoms with van der Waals surface area (Å²) < 4.78 is 11.2. The average Bonchev–Trinajstić information content (AvgIpc) is 3.24. The van der Waals surface area contributed by atoms with Crippen LogP contribution in [0, 0.1) is 6.92 Å². The number of benzene rings is 1. The van der Waals surface area contributed by atoms with Gasteiger partial charge < -0.3 is 9.47 Å². The third kappa shape index (κ3) is 4.28. The molecule has 3 heterocycles. The van der Waals surface area contributed by atoms with E-state index in [-0.39, 0.29) is 30.0 Å². The van der Waals surface area contributed by atoms with Crippen LogP contribution in [0.25, 0.3) is 10.2 Å². The lowest BCUT2D eigenvalue weighted by atomic mass is 10.2. The largest absolute Gasteiger partial charge is 0.481 e. The summed E-state index contributed by atoms with van der Waals surface area (Å²) in [7, 11) is 2.89. The molecule has 0 unspecified atom stereocenters. The maximum absolute atomic E-state index is 13.6. The van der Waals surface area contributed by atoms with Gasteiger partial charge >= 0.3 is 6.01 Å². The molecule has 31 heavy (non-hydrogen) atoms. The molecule has 0 aliphatic heterocycles. The summed E-state index contributed by atoms with van der Waals surface area (Å²) in [6, 6.07) is 10.7. The zero-order chi connectivity index (χ0) is 22.0. The molecule has 0 radical (unpaired) electrons. The van der Waals surface area contributed by atoms with Crippen molar-refractivity contribution in [1.29, 1.82) is 0 Å². The summed E-state index contributed by atoms with van der Waals surface area (Å²) in [5.41, 5.74) is 2.44. The van der Waals surface area contributed by atoms with E-state index in [9.17, 15) is 4.79 Å². The topological polar surface area (TPSA) is 90.3 Å². The molecular weight excluding hydrogens is 438 g/mol. The SMILES string of the molecule is COc1cc(C(=O)N(Cc2ccccn2)c2nc3c(C)c(Cl)ccc3s2)nc(OC)n1. The van der Waals surface area contributed by atoms with Gasteiger partial charge in [0.05, 0.1) is 36.7 Å². The van der Waals surface area contributed by atoms with Crippen molar-refractivity contribution < 1.29 is 14.3 Å². The highest BCUT2D eigenvalue weighted by molar-refractivity contribution is 7.22. The molecule has 4 rings (SSSR count). The Labute approximate surface area is 187 Å². The fraction of sp³-hybridized carbons (Fsp3) is 0.190. The molecule has 0 saturated carbocycles. The Morgan fingerprint density at radius 2 is 1.97 bits per heavy atom. The highest BCUT2D eigenvalue weighted by Gasteiger charge is 2.25. The van der Waals surface area contributed by atoms with Crippen molar-refractivity contribution in [3.8, 4) is 11.9 Å². The van der Waals surface area contributed by atoms with E-state index in [1.165, 1.54) is 36.5 Å². The number of pyridine rings is 1. The summed E-state index contributed by atoms with van der Waals surface area (Å²) in [6.07, 6.45) is 1.68. The quantitative estimate of drug-likeness (QED) is 0.428. The Kier molecular flexibility index (Phi) is 5.97. The molecule has 1 amide bonds. The van der Waals surface area contributed by atoms with Gasteiger partial charge in [-0.1, -0.05) is 29.0 Å². The molecule has 0 aliphatic carbocycles. The number of carbonyl (C=O) groups is 1. The van der Waals surface area contributed by atoms with E-state index in [0.717, 1.165) is 15.8 Å². The van der Waals surface area contributed by atoms with Crippen LogP contribution >= 0.6 is 22.9 Å². The van der Waals surface area contributed by atoms with Gasteiger partial charge in [0.2, 0.25) is 5.88 Å². The second kappa shape index (κ2) is 8.83. The lowest BCUT2D eigenvalue weighted by Crippen LogP contribution is -2.31. The number of fused-ring (bicyclic) bond motifs is 1. The van der Waals surface area contributed by atoms with Crippen LogP contribution in [0.4, 0.5) is 5.13 Å². The molecule has 158 valence electrons. The molecule has 8 nitrogen and oxygen atoms in total. The van der Waals surface area contributed by atoms with Crippen LogP contribution in [0.2, 0.25) is 5.02 Å². The zero-order valence-corrected chi connectivity index (χ0v) is 18.6. The molecule has 0 N–H and O–H groups in total. The number of ether oxygens (including phenoxy) is 2. The highest BCUT2D eigenvalue weighted by Crippen LogP contribution is 2.34. The summed E-state index contributed by atoms with van der Waals surface area (Å²) in [5.74, 6) is -0.160. The number of nitrogens with zero attached hydrogens (tertiary/aromatic N) is 5. The summed E-state index contributed by atoms with van der Waals surface area (Å²) in [5, 5.41) is 1.13. The van der Waals surface area contributed by atoms with Crippen LogP contribution in [-0.2, 0) is 6.54 Å². The van der Waals surface area contributed by atoms with E-state index < -0.39 is 0 Å². The molecule has 0 aliphatic rings. The smallest absolute Gasteiger partial charge is 0.320 e. The predicted octanol–water partition coefficient (Wildman–Crippen LogP) is 4.31. The summed E-state index contributed by atoms with van der Waals surface area (Å²) in [4.78, 5) is 32.4. The first-order valence-electron chi connectivity index (χ1n) is 9.24. The van der Waals surface area contributed by atoms with Crippen LogP contribution in [0.1, 0.15) is 21.7 Å². The number of halogens is 1. The van der Waals surface area contributed by atoms with Crippen molar-refractivity contribution in [3.05, 3.63) is 64.6 Å². The number of thiazole rings is 1. The Morgan fingerprint density at radius 3 is 2.68 bits per heavy atom. The molecule has 4 aromatic rings. The molecule has 10 heteroatoms. The van der Waals surface area contributed by atoms with Gasteiger partial charge in [0.1, 0.15) is 5.69 Å². The van der Waals surface area contributed by atoms with Gasteiger partial charge in [-0.2, -0.15) is 9.97 Å². The molecule has 0 fully saturated rings. The van der Waals surface area contributed by atoms with E-state index in [2.05, 4.69) is 15.0 Å². The molecule has 1 aromatic carbocycles. The van der Waals surface area contributed by atoms with Gasteiger partial charge in [-0.3, -0.25) is 14.7 Å². The fourth-order valence-electron chi connectivity index (χ4n) is 2.93. The first-order chi connectivity index (χ1) is 15.0. The van der Waals surface area contributed by atoms with Gasteiger partial charge in [0, 0.05) is 17.3 Å². The Morgan fingerprint density at radius 1 is 1.13 bits per heavy atom. The average molecular weight is 456 g/mol. The number of carbonyl (C=O) groups excluding carboxylic acids is 1. The second-order valence-corrected chi connectivity index (χ2v) is 7.93.